The summed E-state index contributed by atoms with van der Waals surface area (Å²) in [5.74, 6) is 0.105. The first-order valence-electron chi connectivity index (χ1n) is 6.07. The summed E-state index contributed by atoms with van der Waals surface area (Å²) in [5, 5.41) is 8.44. The van der Waals surface area contributed by atoms with Crippen molar-refractivity contribution in [3.63, 3.8) is 0 Å². The van der Waals surface area contributed by atoms with Gasteiger partial charge in [0.15, 0.2) is 5.78 Å². The molecule has 0 bridgehead atoms. The Morgan fingerprint density at radius 2 is 2.11 bits per heavy atom. The fourth-order valence-corrected chi connectivity index (χ4v) is 2.12. The molecule has 0 aliphatic carbocycles. The van der Waals surface area contributed by atoms with Crippen molar-refractivity contribution in [1.82, 2.24) is 19.6 Å². The lowest BCUT2D eigenvalue weighted by Gasteiger charge is -2.00. The van der Waals surface area contributed by atoms with Crippen molar-refractivity contribution in [2.75, 3.05) is 0 Å². The summed E-state index contributed by atoms with van der Waals surface area (Å²) in [5.41, 5.74) is 3.40. The minimum atomic E-state index is 0.105. The van der Waals surface area contributed by atoms with Crippen LogP contribution < -0.4 is 0 Å². The molecule has 0 saturated heterocycles. The quantitative estimate of drug-likeness (QED) is 0.771. The first kappa shape index (κ1) is 12.5. The maximum Gasteiger partial charge on any atom is 0.171 e. The average Bonchev–Trinajstić information content (AvgIpc) is 2.85. The fourth-order valence-electron chi connectivity index (χ4n) is 2.12. The molecule has 0 fully saturated rings. The van der Waals surface area contributed by atoms with E-state index >= 15 is 0 Å². The number of hydrogen-bond donors (Lipinski definition) is 0. The number of hydrogen-bond acceptors (Lipinski definition) is 3. The molecular formula is C13H18N4O. The predicted octanol–water partition coefficient (Wildman–Crippen LogP) is 1.68. The fraction of sp³-hybridized carbons (Fsp3) is 0.462. The van der Waals surface area contributed by atoms with E-state index in [1.54, 1.807) is 10.9 Å². The van der Waals surface area contributed by atoms with Crippen molar-refractivity contribution in [3.8, 4) is 0 Å². The third-order valence-electron chi connectivity index (χ3n) is 3.16. The zero-order valence-corrected chi connectivity index (χ0v) is 11.3. The minimum absolute atomic E-state index is 0.105. The van der Waals surface area contributed by atoms with Crippen molar-refractivity contribution >= 4 is 5.78 Å². The van der Waals surface area contributed by atoms with E-state index in [-0.39, 0.29) is 5.78 Å². The highest BCUT2D eigenvalue weighted by Gasteiger charge is 2.17. The number of Topliss-reactive ketones (excluding diaryl/α,β-unsaturated/α-hetero) is 1. The van der Waals surface area contributed by atoms with E-state index < -0.39 is 0 Å². The van der Waals surface area contributed by atoms with Crippen LogP contribution >= 0.6 is 0 Å². The number of ketones is 1. The standard InChI is InChI=1S/C13H18N4O/c1-5-17-8-11(7-14-17)6-12(18)13-9(2)15-16(4)10(13)3/h7-8H,5-6H2,1-4H3. The van der Waals surface area contributed by atoms with E-state index in [0.717, 1.165) is 29.1 Å². The molecule has 2 aromatic rings. The van der Waals surface area contributed by atoms with Crippen molar-refractivity contribution in [1.29, 1.82) is 0 Å². The Hall–Kier alpha value is -1.91. The zero-order chi connectivity index (χ0) is 13.3. The molecule has 2 aromatic heterocycles. The van der Waals surface area contributed by atoms with Crippen molar-refractivity contribution < 1.29 is 4.79 Å². The highest BCUT2D eigenvalue weighted by atomic mass is 16.1. The number of aryl methyl sites for hydroxylation is 3. The highest BCUT2D eigenvalue weighted by molar-refractivity contribution is 5.99. The van der Waals surface area contributed by atoms with Crippen LogP contribution in [0.5, 0.6) is 0 Å². The molecule has 0 aliphatic heterocycles. The van der Waals surface area contributed by atoms with Crippen LogP contribution in [0.2, 0.25) is 0 Å². The first-order chi connectivity index (χ1) is 8.52. The summed E-state index contributed by atoms with van der Waals surface area (Å²) in [7, 11) is 1.86. The number of aromatic nitrogens is 4. The van der Waals surface area contributed by atoms with Crippen LogP contribution in [-0.4, -0.2) is 25.3 Å². The monoisotopic (exact) mass is 246 g/mol. The number of carbonyl (C=O) groups excluding carboxylic acids is 1. The second kappa shape index (κ2) is 4.76. The van der Waals surface area contributed by atoms with Crippen LogP contribution in [-0.2, 0) is 20.0 Å². The van der Waals surface area contributed by atoms with Crippen molar-refractivity contribution in [2.45, 2.75) is 33.7 Å². The van der Waals surface area contributed by atoms with Crippen LogP contribution in [0.1, 0.15) is 34.2 Å². The number of carbonyl (C=O) groups is 1. The molecular weight excluding hydrogens is 228 g/mol. The van der Waals surface area contributed by atoms with Gasteiger partial charge in [-0.25, -0.2) is 0 Å². The Bertz CT molecular complexity index is 580. The van der Waals surface area contributed by atoms with E-state index in [4.69, 9.17) is 0 Å². The minimum Gasteiger partial charge on any atom is -0.294 e. The zero-order valence-electron chi connectivity index (χ0n) is 11.3. The van der Waals surface area contributed by atoms with Gasteiger partial charge in [-0.1, -0.05) is 0 Å². The van der Waals surface area contributed by atoms with Gasteiger partial charge in [0, 0.05) is 31.9 Å². The van der Waals surface area contributed by atoms with E-state index in [9.17, 15) is 4.79 Å². The Kier molecular flexibility index (Phi) is 3.32. The third kappa shape index (κ3) is 2.20. The van der Waals surface area contributed by atoms with Gasteiger partial charge in [-0.3, -0.25) is 14.2 Å². The Labute approximate surface area is 106 Å². The lowest BCUT2D eigenvalue weighted by Crippen LogP contribution is -2.06. The van der Waals surface area contributed by atoms with Crippen LogP contribution in [0.25, 0.3) is 0 Å². The highest BCUT2D eigenvalue weighted by Crippen LogP contribution is 2.15. The molecule has 2 heterocycles. The van der Waals surface area contributed by atoms with E-state index in [0.29, 0.717) is 6.42 Å². The van der Waals surface area contributed by atoms with Gasteiger partial charge in [0.05, 0.1) is 17.5 Å². The predicted molar refractivity (Wildman–Crippen MR) is 68.6 cm³/mol. The second-order valence-electron chi connectivity index (χ2n) is 4.47. The molecule has 2 rings (SSSR count). The summed E-state index contributed by atoms with van der Waals surface area (Å²) in [4.78, 5) is 12.3. The summed E-state index contributed by atoms with van der Waals surface area (Å²) in [6, 6.07) is 0. The Balaban J connectivity index is 2.21. The van der Waals surface area contributed by atoms with Gasteiger partial charge in [-0.2, -0.15) is 10.2 Å². The topological polar surface area (TPSA) is 52.7 Å². The molecule has 0 N–H and O–H groups in total. The summed E-state index contributed by atoms with van der Waals surface area (Å²) >= 11 is 0. The molecule has 96 valence electrons. The lowest BCUT2D eigenvalue weighted by molar-refractivity contribution is 0.0991. The molecule has 0 saturated carbocycles. The van der Waals surface area contributed by atoms with Gasteiger partial charge in [0.25, 0.3) is 0 Å². The van der Waals surface area contributed by atoms with Gasteiger partial charge >= 0.3 is 0 Å². The molecule has 0 atom stereocenters. The van der Waals surface area contributed by atoms with Crippen molar-refractivity contribution in [2.24, 2.45) is 7.05 Å². The molecule has 0 spiro atoms. The molecule has 5 heteroatoms. The van der Waals surface area contributed by atoms with Gasteiger partial charge in [-0.15, -0.1) is 0 Å². The van der Waals surface area contributed by atoms with Crippen LogP contribution in [0.15, 0.2) is 12.4 Å². The van der Waals surface area contributed by atoms with Gasteiger partial charge in [0.1, 0.15) is 0 Å². The second-order valence-corrected chi connectivity index (χ2v) is 4.47. The van der Waals surface area contributed by atoms with E-state index in [1.807, 2.05) is 38.7 Å². The Morgan fingerprint density at radius 3 is 2.61 bits per heavy atom. The molecule has 0 aliphatic rings. The first-order valence-corrected chi connectivity index (χ1v) is 6.07. The maximum absolute atomic E-state index is 12.3. The molecule has 5 nitrogen and oxygen atoms in total. The summed E-state index contributed by atoms with van der Waals surface area (Å²) in [6.45, 7) is 6.63. The smallest absolute Gasteiger partial charge is 0.171 e. The molecule has 0 radical (unpaired) electrons. The third-order valence-corrected chi connectivity index (χ3v) is 3.16. The summed E-state index contributed by atoms with van der Waals surface area (Å²) < 4.78 is 3.57. The Morgan fingerprint density at radius 1 is 1.39 bits per heavy atom. The lowest BCUT2D eigenvalue weighted by atomic mass is 10.0. The molecule has 0 unspecified atom stereocenters. The molecule has 18 heavy (non-hydrogen) atoms. The van der Waals surface area contributed by atoms with Gasteiger partial charge < -0.3 is 0 Å². The largest absolute Gasteiger partial charge is 0.294 e. The van der Waals surface area contributed by atoms with Gasteiger partial charge in [-0.05, 0) is 26.3 Å². The van der Waals surface area contributed by atoms with Gasteiger partial charge in [0.2, 0.25) is 0 Å². The van der Waals surface area contributed by atoms with Crippen LogP contribution in [0.3, 0.4) is 0 Å². The SMILES string of the molecule is CCn1cc(CC(=O)c2c(C)nn(C)c2C)cn1. The summed E-state index contributed by atoms with van der Waals surface area (Å²) in [6.07, 6.45) is 4.05. The molecule has 0 amide bonds. The van der Waals surface area contributed by atoms with Crippen LogP contribution in [0, 0.1) is 13.8 Å². The maximum atomic E-state index is 12.3. The average molecular weight is 246 g/mol. The number of rotatable bonds is 4. The normalized spacial score (nSPS) is 10.9. The van der Waals surface area contributed by atoms with Crippen LogP contribution in [0.4, 0.5) is 0 Å². The number of nitrogens with zero attached hydrogens (tertiary/aromatic N) is 4. The van der Waals surface area contributed by atoms with E-state index in [1.165, 1.54) is 0 Å². The molecule has 0 aromatic carbocycles. The van der Waals surface area contributed by atoms with Crippen molar-refractivity contribution in [3.05, 3.63) is 34.9 Å². The van der Waals surface area contributed by atoms with E-state index in [2.05, 4.69) is 10.2 Å².